The number of halogens is 1. The first-order valence-electron chi connectivity index (χ1n) is 8.30. The third kappa shape index (κ3) is 6.64. The number of unbranched alkanes of at least 4 members (excludes halogenated alkanes) is 2. The number of hydrogen-bond acceptors (Lipinski definition) is 2. The zero-order valence-corrected chi connectivity index (χ0v) is 14.7. The number of hydrogen-bond donors (Lipinski definition) is 1. The van der Waals surface area contributed by atoms with Gasteiger partial charge in [-0.2, -0.15) is 0 Å². The lowest BCUT2D eigenvalue weighted by atomic mass is 9.92. The Kier molecular flexibility index (Phi) is 9.42. The lowest BCUT2D eigenvalue weighted by molar-refractivity contribution is 0.306. The summed E-state index contributed by atoms with van der Waals surface area (Å²) in [5, 5.41) is 0. The van der Waals surface area contributed by atoms with Crippen molar-refractivity contribution in [2.24, 2.45) is 5.73 Å². The van der Waals surface area contributed by atoms with E-state index in [4.69, 9.17) is 10.5 Å². The molecular weight excluding hydrogens is 306 g/mol. The summed E-state index contributed by atoms with van der Waals surface area (Å²) in [4.78, 5) is 0. The van der Waals surface area contributed by atoms with Gasteiger partial charge in [0, 0.05) is 5.92 Å². The van der Waals surface area contributed by atoms with Crippen molar-refractivity contribution in [3.63, 3.8) is 0 Å². The van der Waals surface area contributed by atoms with Crippen molar-refractivity contribution in [2.75, 3.05) is 13.2 Å². The Hall–Kier alpha value is -1.51. The number of nitrogens with two attached hydrogens (primary N) is 1. The van der Waals surface area contributed by atoms with E-state index in [2.05, 4.69) is 55.5 Å². The van der Waals surface area contributed by atoms with Crippen molar-refractivity contribution in [1.29, 1.82) is 0 Å². The minimum Gasteiger partial charge on any atom is -0.494 e. The molecule has 0 saturated heterocycles. The molecule has 2 N–H and O–H groups in total. The summed E-state index contributed by atoms with van der Waals surface area (Å²) in [5.74, 6) is 1.33. The van der Waals surface area contributed by atoms with Crippen molar-refractivity contribution >= 4 is 12.4 Å². The molecule has 1 atom stereocenters. The van der Waals surface area contributed by atoms with Gasteiger partial charge in [-0.1, -0.05) is 62.2 Å². The van der Waals surface area contributed by atoms with Crippen molar-refractivity contribution in [2.45, 2.75) is 38.5 Å². The van der Waals surface area contributed by atoms with Crippen LogP contribution in [0, 0.1) is 0 Å². The molecule has 2 aromatic rings. The molecule has 1 unspecified atom stereocenters. The Balaban J connectivity index is 0.00000264. The first-order valence-corrected chi connectivity index (χ1v) is 8.30. The highest BCUT2D eigenvalue weighted by atomic mass is 35.5. The molecule has 0 saturated carbocycles. The van der Waals surface area contributed by atoms with E-state index >= 15 is 0 Å². The predicted octanol–water partition coefficient (Wildman–Crippen LogP) is 4.96. The quantitative estimate of drug-likeness (QED) is 0.658. The van der Waals surface area contributed by atoms with Crippen LogP contribution in [0.25, 0.3) is 0 Å². The molecule has 0 aliphatic heterocycles. The van der Waals surface area contributed by atoms with E-state index < -0.39 is 0 Å². The van der Waals surface area contributed by atoms with Crippen LogP contribution < -0.4 is 10.5 Å². The van der Waals surface area contributed by atoms with Gasteiger partial charge in [0.15, 0.2) is 0 Å². The van der Waals surface area contributed by atoms with Crippen LogP contribution in [0.3, 0.4) is 0 Å². The molecule has 23 heavy (non-hydrogen) atoms. The molecule has 0 spiro atoms. The van der Waals surface area contributed by atoms with Crippen LogP contribution in [0.1, 0.15) is 43.2 Å². The monoisotopic (exact) mass is 333 g/mol. The van der Waals surface area contributed by atoms with Gasteiger partial charge in [-0.15, -0.1) is 12.4 Å². The Bertz CT molecular complexity index is 527. The zero-order chi connectivity index (χ0) is 15.6. The molecule has 126 valence electrons. The molecule has 2 aromatic carbocycles. The molecule has 0 fully saturated rings. The van der Waals surface area contributed by atoms with E-state index in [1.807, 2.05) is 6.07 Å². The van der Waals surface area contributed by atoms with Crippen LogP contribution in [-0.4, -0.2) is 13.2 Å². The summed E-state index contributed by atoms with van der Waals surface area (Å²) < 4.78 is 5.75. The topological polar surface area (TPSA) is 35.2 Å². The van der Waals surface area contributed by atoms with Gasteiger partial charge >= 0.3 is 0 Å². The number of rotatable bonds is 9. The number of ether oxygens (including phenoxy) is 1. The maximum atomic E-state index is 5.95. The summed E-state index contributed by atoms with van der Waals surface area (Å²) in [6.07, 6.45) is 4.55. The largest absolute Gasteiger partial charge is 0.494 e. The van der Waals surface area contributed by atoms with E-state index in [0.717, 1.165) is 25.2 Å². The standard InChI is InChI=1S/C20H27NO.ClH/c1-2-3-7-14-22-20-12-10-17(11-13-20)15-19(16-21)18-8-5-4-6-9-18;/h4-6,8-13,19H,2-3,7,14-16,21H2,1H3;1H. The fourth-order valence-corrected chi connectivity index (χ4v) is 2.61. The SMILES string of the molecule is CCCCCOc1ccc(CC(CN)c2ccccc2)cc1.Cl. The maximum absolute atomic E-state index is 5.95. The maximum Gasteiger partial charge on any atom is 0.119 e. The van der Waals surface area contributed by atoms with Gasteiger partial charge in [-0.05, 0) is 42.6 Å². The second kappa shape index (κ2) is 11.1. The van der Waals surface area contributed by atoms with Gasteiger partial charge in [-0.3, -0.25) is 0 Å². The molecule has 0 aliphatic rings. The molecule has 0 aromatic heterocycles. The van der Waals surface area contributed by atoms with Crippen LogP contribution in [-0.2, 0) is 6.42 Å². The van der Waals surface area contributed by atoms with Gasteiger partial charge < -0.3 is 10.5 Å². The smallest absolute Gasteiger partial charge is 0.119 e. The van der Waals surface area contributed by atoms with Crippen molar-refractivity contribution < 1.29 is 4.74 Å². The first kappa shape index (κ1) is 19.5. The minimum absolute atomic E-state index is 0. The molecule has 0 bridgehead atoms. The average Bonchev–Trinajstić information content (AvgIpc) is 2.58. The lowest BCUT2D eigenvalue weighted by Gasteiger charge is -2.15. The summed E-state index contributed by atoms with van der Waals surface area (Å²) >= 11 is 0. The first-order chi connectivity index (χ1) is 10.8. The van der Waals surface area contributed by atoms with Gasteiger partial charge in [0.05, 0.1) is 6.61 Å². The highest BCUT2D eigenvalue weighted by molar-refractivity contribution is 5.85. The van der Waals surface area contributed by atoms with Crippen molar-refractivity contribution in [3.05, 3.63) is 65.7 Å². The fraction of sp³-hybridized carbons (Fsp3) is 0.400. The second-order valence-electron chi connectivity index (χ2n) is 5.75. The Morgan fingerprint density at radius 2 is 1.65 bits per heavy atom. The Morgan fingerprint density at radius 1 is 0.957 bits per heavy atom. The van der Waals surface area contributed by atoms with Gasteiger partial charge in [0.2, 0.25) is 0 Å². The van der Waals surface area contributed by atoms with Gasteiger partial charge in [0.1, 0.15) is 5.75 Å². The zero-order valence-electron chi connectivity index (χ0n) is 13.9. The highest BCUT2D eigenvalue weighted by Gasteiger charge is 2.10. The molecule has 2 nitrogen and oxygen atoms in total. The molecule has 0 aliphatic carbocycles. The minimum atomic E-state index is 0. The van der Waals surface area contributed by atoms with E-state index in [9.17, 15) is 0 Å². The van der Waals surface area contributed by atoms with Crippen LogP contribution in [0.4, 0.5) is 0 Å². The third-order valence-corrected chi connectivity index (χ3v) is 3.98. The summed E-state index contributed by atoms with van der Waals surface area (Å²) in [6, 6.07) is 18.9. The van der Waals surface area contributed by atoms with E-state index in [1.165, 1.54) is 24.0 Å². The van der Waals surface area contributed by atoms with Crippen LogP contribution in [0.2, 0.25) is 0 Å². The van der Waals surface area contributed by atoms with E-state index in [0.29, 0.717) is 12.5 Å². The van der Waals surface area contributed by atoms with Crippen LogP contribution >= 0.6 is 12.4 Å². The molecule has 0 amide bonds. The van der Waals surface area contributed by atoms with E-state index in [1.54, 1.807) is 0 Å². The Labute approximate surface area is 146 Å². The highest BCUT2D eigenvalue weighted by Crippen LogP contribution is 2.21. The number of benzene rings is 2. The van der Waals surface area contributed by atoms with Gasteiger partial charge in [-0.25, -0.2) is 0 Å². The molecule has 0 radical (unpaired) electrons. The average molecular weight is 334 g/mol. The molecule has 3 heteroatoms. The van der Waals surface area contributed by atoms with Crippen LogP contribution in [0.5, 0.6) is 5.75 Å². The predicted molar refractivity (Wildman–Crippen MR) is 101 cm³/mol. The third-order valence-electron chi connectivity index (χ3n) is 3.98. The van der Waals surface area contributed by atoms with E-state index in [-0.39, 0.29) is 12.4 Å². The van der Waals surface area contributed by atoms with Crippen LogP contribution in [0.15, 0.2) is 54.6 Å². The summed E-state index contributed by atoms with van der Waals surface area (Å²) in [6.45, 7) is 3.68. The van der Waals surface area contributed by atoms with Gasteiger partial charge in [0.25, 0.3) is 0 Å². The lowest BCUT2D eigenvalue weighted by Crippen LogP contribution is -2.14. The molecule has 0 heterocycles. The molecular formula is C20H28ClNO. The van der Waals surface area contributed by atoms with Crippen molar-refractivity contribution in [3.8, 4) is 5.75 Å². The summed E-state index contributed by atoms with van der Waals surface area (Å²) in [5.41, 5.74) is 8.57. The summed E-state index contributed by atoms with van der Waals surface area (Å²) in [7, 11) is 0. The fourth-order valence-electron chi connectivity index (χ4n) is 2.61. The normalized spacial score (nSPS) is 11.6. The second-order valence-corrected chi connectivity index (χ2v) is 5.75. The Morgan fingerprint density at radius 3 is 2.26 bits per heavy atom. The van der Waals surface area contributed by atoms with Crippen molar-refractivity contribution in [1.82, 2.24) is 0 Å². The molecule has 2 rings (SSSR count).